The Morgan fingerprint density at radius 3 is 2.55 bits per heavy atom. The second-order valence-electron chi connectivity index (χ2n) is 4.25. The van der Waals surface area contributed by atoms with Crippen LogP contribution in [0.4, 0.5) is 0 Å². The average molecular weight is 156 g/mol. The standard InChI is InChI=1S/C9H20N2/c1-9(2,7-10)11-6-5-8-3-4-8/h8,11H,3-7,10H2,1-2H3. The van der Waals surface area contributed by atoms with Crippen molar-refractivity contribution < 1.29 is 0 Å². The lowest BCUT2D eigenvalue weighted by Crippen LogP contribution is -2.46. The number of nitrogens with one attached hydrogen (secondary N) is 1. The first kappa shape index (κ1) is 9.01. The van der Waals surface area contributed by atoms with Crippen LogP contribution in [0, 0.1) is 5.92 Å². The average Bonchev–Trinajstić information content (AvgIpc) is 2.71. The van der Waals surface area contributed by atoms with Gasteiger partial charge in [0.15, 0.2) is 0 Å². The maximum atomic E-state index is 5.58. The molecule has 0 atom stereocenters. The predicted octanol–water partition coefficient (Wildman–Crippen LogP) is 1.11. The summed E-state index contributed by atoms with van der Waals surface area (Å²) in [6.45, 7) is 6.16. The third kappa shape index (κ3) is 3.73. The van der Waals surface area contributed by atoms with Crippen LogP contribution in [0.3, 0.4) is 0 Å². The highest BCUT2D eigenvalue weighted by atomic mass is 15.0. The summed E-state index contributed by atoms with van der Waals surface area (Å²) < 4.78 is 0. The van der Waals surface area contributed by atoms with Gasteiger partial charge in [0, 0.05) is 12.1 Å². The SMILES string of the molecule is CC(C)(CN)NCCC1CC1. The summed E-state index contributed by atoms with van der Waals surface area (Å²) >= 11 is 0. The molecule has 1 saturated carbocycles. The van der Waals surface area contributed by atoms with Gasteiger partial charge in [0.05, 0.1) is 0 Å². The van der Waals surface area contributed by atoms with Gasteiger partial charge < -0.3 is 11.1 Å². The summed E-state index contributed by atoms with van der Waals surface area (Å²) in [5, 5.41) is 3.46. The van der Waals surface area contributed by atoms with Gasteiger partial charge >= 0.3 is 0 Å². The summed E-state index contributed by atoms with van der Waals surface area (Å²) in [7, 11) is 0. The van der Waals surface area contributed by atoms with Gasteiger partial charge in [0.1, 0.15) is 0 Å². The molecule has 1 fully saturated rings. The quantitative estimate of drug-likeness (QED) is 0.626. The molecule has 1 aliphatic carbocycles. The molecule has 2 nitrogen and oxygen atoms in total. The minimum atomic E-state index is 0.134. The molecule has 0 radical (unpaired) electrons. The van der Waals surface area contributed by atoms with Crippen LogP contribution in [-0.4, -0.2) is 18.6 Å². The van der Waals surface area contributed by atoms with Gasteiger partial charge in [-0.05, 0) is 32.7 Å². The van der Waals surface area contributed by atoms with E-state index in [2.05, 4.69) is 19.2 Å². The van der Waals surface area contributed by atoms with Crippen LogP contribution in [0.5, 0.6) is 0 Å². The fraction of sp³-hybridized carbons (Fsp3) is 1.00. The molecule has 66 valence electrons. The van der Waals surface area contributed by atoms with Crippen LogP contribution < -0.4 is 11.1 Å². The molecule has 1 rings (SSSR count). The Morgan fingerprint density at radius 2 is 2.09 bits per heavy atom. The van der Waals surface area contributed by atoms with Crippen LogP contribution in [-0.2, 0) is 0 Å². The summed E-state index contributed by atoms with van der Waals surface area (Å²) in [4.78, 5) is 0. The van der Waals surface area contributed by atoms with Crippen molar-refractivity contribution in [3.8, 4) is 0 Å². The molecule has 2 heteroatoms. The summed E-state index contributed by atoms with van der Waals surface area (Å²) in [5.74, 6) is 1.02. The lowest BCUT2D eigenvalue weighted by atomic mass is 10.1. The van der Waals surface area contributed by atoms with Gasteiger partial charge in [-0.3, -0.25) is 0 Å². The summed E-state index contributed by atoms with van der Waals surface area (Å²) in [6.07, 6.45) is 4.24. The molecule has 0 amide bonds. The Kier molecular flexibility index (Phi) is 2.90. The number of hydrogen-bond acceptors (Lipinski definition) is 2. The Labute approximate surface area is 69.5 Å². The molecule has 0 aliphatic heterocycles. The number of hydrogen-bond donors (Lipinski definition) is 2. The molecule has 1 aliphatic rings. The van der Waals surface area contributed by atoms with Crippen molar-refractivity contribution in [2.45, 2.75) is 38.6 Å². The molecule has 0 aromatic rings. The number of rotatable bonds is 5. The zero-order valence-corrected chi connectivity index (χ0v) is 7.69. The van der Waals surface area contributed by atoms with E-state index in [1.807, 2.05) is 0 Å². The minimum absolute atomic E-state index is 0.134. The molecule has 0 saturated heterocycles. The van der Waals surface area contributed by atoms with Gasteiger partial charge in [-0.2, -0.15) is 0 Å². The minimum Gasteiger partial charge on any atom is -0.329 e. The van der Waals surface area contributed by atoms with E-state index < -0.39 is 0 Å². The first-order chi connectivity index (χ1) is 5.14. The van der Waals surface area contributed by atoms with E-state index in [-0.39, 0.29) is 5.54 Å². The monoisotopic (exact) mass is 156 g/mol. The molecule has 0 aromatic heterocycles. The lowest BCUT2D eigenvalue weighted by molar-refractivity contribution is 0.391. The van der Waals surface area contributed by atoms with E-state index in [1.165, 1.54) is 19.3 Å². The predicted molar refractivity (Wildman–Crippen MR) is 48.5 cm³/mol. The van der Waals surface area contributed by atoms with Gasteiger partial charge in [-0.1, -0.05) is 12.8 Å². The van der Waals surface area contributed by atoms with Crippen molar-refractivity contribution >= 4 is 0 Å². The van der Waals surface area contributed by atoms with Crippen LogP contribution in [0.25, 0.3) is 0 Å². The second kappa shape index (κ2) is 3.55. The maximum absolute atomic E-state index is 5.58. The van der Waals surface area contributed by atoms with Crippen molar-refractivity contribution in [3.05, 3.63) is 0 Å². The van der Waals surface area contributed by atoms with Crippen molar-refractivity contribution in [1.82, 2.24) is 5.32 Å². The highest BCUT2D eigenvalue weighted by Gasteiger charge is 2.21. The lowest BCUT2D eigenvalue weighted by Gasteiger charge is -2.24. The van der Waals surface area contributed by atoms with E-state index in [4.69, 9.17) is 5.73 Å². The molecule has 3 N–H and O–H groups in total. The van der Waals surface area contributed by atoms with E-state index in [0.717, 1.165) is 19.0 Å². The van der Waals surface area contributed by atoms with Crippen molar-refractivity contribution in [1.29, 1.82) is 0 Å². The molecular weight excluding hydrogens is 136 g/mol. The molecule has 0 spiro atoms. The second-order valence-corrected chi connectivity index (χ2v) is 4.25. The molecule has 0 heterocycles. The van der Waals surface area contributed by atoms with Crippen molar-refractivity contribution in [2.24, 2.45) is 11.7 Å². The topological polar surface area (TPSA) is 38.0 Å². The fourth-order valence-corrected chi connectivity index (χ4v) is 1.09. The molecule has 0 aromatic carbocycles. The zero-order chi connectivity index (χ0) is 8.32. The highest BCUT2D eigenvalue weighted by molar-refractivity contribution is 4.80. The van der Waals surface area contributed by atoms with E-state index >= 15 is 0 Å². The normalized spacial score (nSPS) is 18.8. The van der Waals surface area contributed by atoms with Crippen molar-refractivity contribution in [2.75, 3.05) is 13.1 Å². The third-order valence-electron chi connectivity index (χ3n) is 2.36. The third-order valence-corrected chi connectivity index (χ3v) is 2.36. The Morgan fingerprint density at radius 1 is 1.45 bits per heavy atom. The van der Waals surface area contributed by atoms with E-state index in [1.54, 1.807) is 0 Å². The zero-order valence-electron chi connectivity index (χ0n) is 7.69. The fourth-order valence-electron chi connectivity index (χ4n) is 1.09. The largest absolute Gasteiger partial charge is 0.329 e. The maximum Gasteiger partial charge on any atom is 0.0247 e. The summed E-state index contributed by atoms with van der Waals surface area (Å²) in [5.41, 5.74) is 5.71. The van der Waals surface area contributed by atoms with Crippen LogP contribution >= 0.6 is 0 Å². The van der Waals surface area contributed by atoms with Gasteiger partial charge in [0.25, 0.3) is 0 Å². The van der Waals surface area contributed by atoms with E-state index in [9.17, 15) is 0 Å². The first-order valence-electron chi connectivity index (χ1n) is 4.59. The van der Waals surface area contributed by atoms with Gasteiger partial charge in [0.2, 0.25) is 0 Å². The Balaban J connectivity index is 1.99. The highest BCUT2D eigenvalue weighted by Crippen LogP contribution is 2.31. The van der Waals surface area contributed by atoms with Crippen molar-refractivity contribution in [3.63, 3.8) is 0 Å². The van der Waals surface area contributed by atoms with Crippen LogP contribution in [0.1, 0.15) is 33.1 Å². The molecule has 0 bridgehead atoms. The molecular formula is C9H20N2. The Bertz CT molecular complexity index is 117. The smallest absolute Gasteiger partial charge is 0.0247 e. The molecule has 11 heavy (non-hydrogen) atoms. The van der Waals surface area contributed by atoms with Gasteiger partial charge in [-0.15, -0.1) is 0 Å². The molecule has 0 unspecified atom stereocenters. The summed E-state index contributed by atoms with van der Waals surface area (Å²) in [6, 6.07) is 0. The van der Waals surface area contributed by atoms with Crippen LogP contribution in [0.2, 0.25) is 0 Å². The van der Waals surface area contributed by atoms with E-state index in [0.29, 0.717) is 0 Å². The Hall–Kier alpha value is -0.0800. The van der Waals surface area contributed by atoms with Gasteiger partial charge in [-0.25, -0.2) is 0 Å². The number of nitrogens with two attached hydrogens (primary N) is 1. The first-order valence-corrected chi connectivity index (χ1v) is 4.59. The van der Waals surface area contributed by atoms with Crippen LogP contribution in [0.15, 0.2) is 0 Å².